The topological polar surface area (TPSA) is 75.7 Å². The molecular weight excluding hydrogens is 308 g/mol. The smallest absolute Gasteiger partial charge is 0.319 e. The Kier molecular flexibility index (Phi) is 5.45. The molecule has 7 heteroatoms. The first-order chi connectivity index (χ1) is 11.7. The first kappa shape index (κ1) is 16.5. The number of urea groups is 1. The fraction of sp³-hybridized carbons (Fsp3) is 0.412. The monoisotopic (exact) mass is 330 g/mol. The van der Waals surface area contributed by atoms with Crippen LogP contribution in [0.25, 0.3) is 10.9 Å². The van der Waals surface area contributed by atoms with Crippen molar-refractivity contribution in [3.05, 3.63) is 30.3 Å². The Morgan fingerprint density at radius 2 is 2.12 bits per heavy atom. The molecule has 1 aliphatic rings. The predicted molar refractivity (Wildman–Crippen MR) is 92.6 cm³/mol. The number of pyridine rings is 1. The number of benzene rings is 1. The van der Waals surface area contributed by atoms with Gasteiger partial charge in [0, 0.05) is 43.3 Å². The van der Waals surface area contributed by atoms with Crippen molar-refractivity contribution in [2.75, 3.05) is 51.8 Å². The second-order valence-electron chi connectivity index (χ2n) is 5.60. The highest BCUT2D eigenvalue weighted by molar-refractivity contribution is 5.92. The number of hydrogen-bond acceptors (Lipinski definition) is 5. The summed E-state index contributed by atoms with van der Waals surface area (Å²) in [4.78, 5) is 18.6. The van der Waals surface area contributed by atoms with Gasteiger partial charge in [-0.1, -0.05) is 0 Å². The molecule has 0 unspecified atom stereocenters. The standard InChI is InChI=1S/C17H22N4O3/c1-23-16-5-2-13-12-14(3-4-15(13)20-16)19-17(22)18-6-7-21-8-10-24-11-9-21/h2-5,12H,6-11H2,1H3,(H2,18,19,22). The first-order valence-electron chi connectivity index (χ1n) is 8.04. The summed E-state index contributed by atoms with van der Waals surface area (Å²) in [6.07, 6.45) is 0. The van der Waals surface area contributed by atoms with Gasteiger partial charge in [-0.2, -0.15) is 0 Å². The lowest BCUT2D eigenvalue weighted by Crippen LogP contribution is -2.42. The number of nitrogens with zero attached hydrogens (tertiary/aromatic N) is 2. The molecule has 1 saturated heterocycles. The number of anilines is 1. The molecule has 2 heterocycles. The van der Waals surface area contributed by atoms with E-state index in [1.807, 2.05) is 24.3 Å². The number of carbonyl (C=O) groups excluding carboxylic acids is 1. The van der Waals surface area contributed by atoms with Crippen LogP contribution < -0.4 is 15.4 Å². The SMILES string of the molecule is COc1ccc2cc(NC(=O)NCCN3CCOCC3)ccc2n1. The highest BCUT2D eigenvalue weighted by Gasteiger charge is 2.10. The maximum absolute atomic E-state index is 12.0. The summed E-state index contributed by atoms with van der Waals surface area (Å²) in [6, 6.07) is 9.10. The summed E-state index contributed by atoms with van der Waals surface area (Å²) in [5, 5.41) is 6.67. The van der Waals surface area contributed by atoms with Crippen LogP contribution >= 0.6 is 0 Å². The molecule has 128 valence electrons. The number of fused-ring (bicyclic) bond motifs is 1. The van der Waals surface area contributed by atoms with Crippen LogP contribution in [0.4, 0.5) is 10.5 Å². The normalized spacial score (nSPS) is 15.2. The van der Waals surface area contributed by atoms with Crippen LogP contribution in [0.1, 0.15) is 0 Å². The quantitative estimate of drug-likeness (QED) is 0.873. The zero-order valence-electron chi connectivity index (χ0n) is 13.7. The number of nitrogens with one attached hydrogen (secondary N) is 2. The second kappa shape index (κ2) is 7.94. The van der Waals surface area contributed by atoms with Crippen molar-refractivity contribution in [1.82, 2.24) is 15.2 Å². The van der Waals surface area contributed by atoms with E-state index in [9.17, 15) is 4.79 Å². The van der Waals surface area contributed by atoms with Gasteiger partial charge in [0.2, 0.25) is 5.88 Å². The van der Waals surface area contributed by atoms with E-state index in [-0.39, 0.29) is 6.03 Å². The van der Waals surface area contributed by atoms with Gasteiger partial charge in [-0.3, -0.25) is 4.90 Å². The summed E-state index contributed by atoms with van der Waals surface area (Å²) in [7, 11) is 1.59. The van der Waals surface area contributed by atoms with E-state index in [1.54, 1.807) is 13.2 Å². The Balaban J connectivity index is 1.51. The number of rotatable bonds is 5. The Bertz CT molecular complexity index is 701. The fourth-order valence-electron chi connectivity index (χ4n) is 2.63. The molecule has 3 rings (SSSR count). The minimum atomic E-state index is -0.205. The molecular formula is C17H22N4O3. The number of methoxy groups -OCH3 is 1. The molecule has 0 radical (unpaired) electrons. The molecule has 1 aliphatic heterocycles. The van der Waals surface area contributed by atoms with Crippen LogP contribution in [-0.4, -0.2) is 62.4 Å². The van der Waals surface area contributed by atoms with Crippen molar-refractivity contribution in [3.8, 4) is 5.88 Å². The van der Waals surface area contributed by atoms with E-state index in [2.05, 4.69) is 20.5 Å². The molecule has 0 atom stereocenters. The summed E-state index contributed by atoms with van der Waals surface area (Å²) < 4.78 is 10.4. The van der Waals surface area contributed by atoms with Crippen molar-refractivity contribution in [3.63, 3.8) is 0 Å². The van der Waals surface area contributed by atoms with Gasteiger partial charge in [0.15, 0.2) is 0 Å². The summed E-state index contributed by atoms with van der Waals surface area (Å²) in [5.41, 5.74) is 1.56. The van der Waals surface area contributed by atoms with Gasteiger partial charge in [0.25, 0.3) is 0 Å². The molecule has 24 heavy (non-hydrogen) atoms. The Morgan fingerprint density at radius 1 is 1.29 bits per heavy atom. The molecule has 7 nitrogen and oxygen atoms in total. The van der Waals surface area contributed by atoms with Crippen molar-refractivity contribution in [2.24, 2.45) is 0 Å². The van der Waals surface area contributed by atoms with Crippen LogP contribution in [0.15, 0.2) is 30.3 Å². The average molecular weight is 330 g/mol. The highest BCUT2D eigenvalue weighted by Crippen LogP contribution is 2.20. The summed E-state index contributed by atoms with van der Waals surface area (Å²) >= 11 is 0. The van der Waals surface area contributed by atoms with Crippen LogP contribution in [0.5, 0.6) is 5.88 Å². The number of hydrogen-bond donors (Lipinski definition) is 2. The van der Waals surface area contributed by atoms with Gasteiger partial charge in [-0.15, -0.1) is 0 Å². The van der Waals surface area contributed by atoms with E-state index >= 15 is 0 Å². The minimum absolute atomic E-state index is 0.205. The zero-order chi connectivity index (χ0) is 16.8. The van der Waals surface area contributed by atoms with E-state index in [4.69, 9.17) is 9.47 Å². The van der Waals surface area contributed by atoms with Gasteiger partial charge in [-0.05, 0) is 24.3 Å². The van der Waals surface area contributed by atoms with Gasteiger partial charge in [0.1, 0.15) is 0 Å². The second-order valence-corrected chi connectivity index (χ2v) is 5.60. The van der Waals surface area contributed by atoms with Crippen molar-refractivity contribution in [1.29, 1.82) is 0 Å². The van der Waals surface area contributed by atoms with E-state index < -0.39 is 0 Å². The highest BCUT2D eigenvalue weighted by atomic mass is 16.5. The molecule has 2 amide bonds. The van der Waals surface area contributed by atoms with E-state index in [0.717, 1.165) is 49.4 Å². The van der Waals surface area contributed by atoms with Crippen LogP contribution in [0, 0.1) is 0 Å². The Labute approximate surface area is 140 Å². The third kappa shape index (κ3) is 4.33. The summed E-state index contributed by atoms with van der Waals surface area (Å²) in [5.74, 6) is 0.573. The van der Waals surface area contributed by atoms with Gasteiger partial charge in [0.05, 0.1) is 25.8 Å². The van der Waals surface area contributed by atoms with Crippen molar-refractivity contribution in [2.45, 2.75) is 0 Å². The third-order valence-electron chi connectivity index (χ3n) is 3.95. The van der Waals surface area contributed by atoms with Gasteiger partial charge in [-0.25, -0.2) is 9.78 Å². The molecule has 0 bridgehead atoms. The van der Waals surface area contributed by atoms with Crippen molar-refractivity contribution < 1.29 is 14.3 Å². The van der Waals surface area contributed by atoms with Crippen LogP contribution in [0.2, 0.25) is 0 Å². The number of morpholine rings is 1. The molecule has 0 spiro atoms. The molecule has 1 aromatic carbocycles. The largest absolute Gasteiger partial charge is 0.481 e. The predicted octanol–water partition coefficient (Wildman–Crippen LogP) is 1.70. The number of aromatic nitrogens is 1. The number of amides is 2. The lowest BCUT2D eigenvalue weighted by Gasteiger charge is -2.26. The molecule has 1 aromatic heterocycles. The zero-order valence-corrected chi connectivity index (χ0v) is 13.7. The summed E-state index contributed by atoms with van der Waals surface area (Å²) in [6.45, 7) is 4.81. The maximum atomic E-state index is 12.0. The minimum Gasteiger partial charge on any atom is -0.481 e. The first-order valence-corrected chi connectivity index (χ1v) is 8.04. The van der Waals surface area contributed by atoms with Gasteiger partial charge < -0.3 is 20.1 Å². The molecule has 1 fully saturated rings. The van der Waals surface area contributed by atoms with Crippen LogP contribution in [0.3, 0.4) is 0 Å². The molecule has 0 saturated carbocycles. The number of ether oxygens (including phenoxy) is 2. The third-order valence-corrected chi connectivity index (χ3v) is 3.95. The Morgan fingerprint density at radius 3 is 2.92 bits per heavy atom. The van der Waals surface area contributed by atoms with Gasteiger partial charge >= 0.3 is 6.03 Å². The van der Waals surface area contributed by atoms with Crippen LogP contribution in [-0.2, 0) is 4.74 Å². The molecule has 2 N–H and O–H groups in total. The maximum Gasteiger partial charge on any atom is 0.319 e. The van der Waals surface area contributed by atoms with E-state index in [1.165, 1.54) is 0 Å². The Hall–Kier alpha value is -2.38. The number of carbonyl (C=O) groups is 1. The van der Waals surface area contributed by atoms with E-state index in [0.29, 0.717) is 12.4 Å². The molecule has 0 aliphatic carbocycles. The molecule has 2 aromatic rings. The van der Waals surface area contributed by atoms with Crippen molar-refractivity contribution >= 4 is 22.6 Å². The fourth-order valence-corrected chi connectivity index (χ4v) is 2.63. The lowest BCUT2D eigenvalue weighted by atomic mass is 10.2. The lowest BCUT2D eigenvalue weighted by molar-refractivity contribution is 0.0388. The average Bonchev–Trinajstić information content (AvgIpc) is 2.62.